The summed E-state index contributed by atoms with van der Waals surface area (Å²) in [7, 11) is 1.69. The number of methoxy groups -OCH3 is 1. The Morgan fingerprint density at radius 3 is 2.77 bits per heavy atom. The van der Waals surface area contributed by atoms with Gasteiger partial charge >= 0.3 is 0 Å². The van der Waals surface area contributed by atoms with Crippen molar-refractivity contribution in [3.63, 3.8) is 0 Å². The zero-order chi connectivity index (χ0) is 21.1. The van der Waals surface area contributed by atoms with Gasteiger partial charge in [0.25, 0.3) is 0 Å². The highest BCUT2D eigenvalue weighted by atomic mass is 16.5. The smallest absolute Gasteiger partial charge is 0.220 e. The Morgan fingerprint density at radius 1 is 1.20 bits per heavy atom. The molecule has 0 saturated heterocycles. The first-order valence-electron chi connectivity index (χ1n) is 10.6. The van der Waals surface area contributed by atoms with Gasteiger partial charge in [0.15, 0.2) is 0 Å². The van der Waals surface area contributed by atoms with Gasteiger partial charge in [0, 0.05) is 24.2 Å². The third-order valence-electron chi connectivity index (χ3n) is 6.12. The minimum atomic E-state index is 0.0925. The number of hydrogen-bond acceptors (Lipinski definition) is 3. The second-order valence-electron chi connectivity index (χ2n) is 8.03. The van der Waals surface area contributed by atoms with Crippen LogP contribution >= 0.6 is 0 Å². The molecule has 1 heterocycles. The molecule has 0 spiro atoms. The lowest BCUT2D eigenvalue weighted by Crippen LogP contribution is -2.26. The summed E-state index contributed by atoms with van der Waals surface area (Å²) < 4.78 is 7.30. The van der Waals surface area contributed by atoms with Crippen LogP contribution in [-0.4, -0.2) is 22.8 Å². The number of fused-ring (bicyclic) bond motifs is 1. The highest BCUT2D eigenvalue weighted by Crippen LogP contribution is 2.35. The summed E-state index contributed by atoms with van der Waals surface area (Å²) in [6.07, 6.45) is 3.74. The number of carbonyl (C=O) groups is 1. The minimum Gasteiger partial charge on any atom is -0.497 e. The standard InChI is InChI=1S/C25H29N3O2/c1-17-24(18(2)28(27-17)21-10-5-4-6-11-21)16-26-25(29)15-20-9-7-8-19-14-22(30-3)12-13-23(19)20/h4-6,10-14,20H,7-9,15-16H2,1-3H3,(H,26,29). The molecule has 30 heavy (non-hydrogen) atoms. The zero-order valence-corrected chi connectivity index (χ0v) is 17.9. The number of carbonyl (C=O) groups excluding carboxylic acids is 1. The van der Waals surface area contributed by atoms with Crippen LogP contribution in [0.15, 0.2) is 48.5 Å². The van der Waals surface area contributed by atoms with Gasteiger partial charge < -0.3 is 10.1 Å². The molecule has 156 valence electrons. The van der Waals surface area contributed by atoms with E-state index in [1.54, 1.807) is 7.11 Å². The van der Waals surface area contributed by atoms with E-state index >= 15 is 0 Å². The topological polar surface area (TPSA) is 56.1 Å². The zero-order valence-electron chi connectivity index (χ0n) is 17.9. The monoisotopic (exact) mass is 403 g/mol. The van der Waals surface area contributed by atoms with Gasteiger partial charge in [0.2, 0.25) is 5.91 Å². The average Bonchev–Trinajstić information content (AvgIpc) is 3.06. The van der Waals surface area contributed by atoms with E-state index in [2.05, 4.69) is 29.5 Å². The summed E-state index contributed by atoms with van der Waals surface area (Å²) in [6, 6.07) is 16.3. The lowest BCUT2D eigenvalue weighted by molar-refractivity contribution is -0.121. The Morgan fingerprint density at radius 2 is 2.00 bits per heavy atom. The molecule has 5 nitrogen and oxygen atoms in total. The van der Waals surface area contributed by atoms with Gasteiger partial charge in [0.05, 0.1) is 18.5 Å². The number of amides is 1. The van der Waals surface area contributed by atoms with Crippen LogP contribution in [0.3, 0.4) is 0 Å². The molecule has 1 atom stereocenters. The SMILES string of the molecule is COc1ccc2c(c1)CCCC2CC(=O)NCc1c(C)nn(-c2ccccc2)c1C. The molecule has 5 heteroatoms. The number of hydrogen-bond donors (Lipinski definition) is 1. The number of nitrogens with one attached hydrogen (secondary N) is 1. The summed E-state index contributed by atoms with van der Waals surface area (Å²) in [5.41, 5.74) is 6.74. The summed E-state index contributed by atoms with van der Waals surface area (Å²) >= 11 is 0. The molecule has 1 aromatic heterocycles. The molecule has 1 N–H and O–H groups in total. The Bertz CT molecular complexity index is 1040. The molecule has 0 bridgehead atoms. The number of benzene rings is 2. The molecule has 0 saturated carbocycles. The molecule has 1 amide bonds. The lowest BCUT2D eigenvalue weighted by Gasteiger charge is -2.25. The predicted molar refractivity (Wildman–Crippen MR) is 118 cm³/mol. The van der Waals surface area contributed by atoms with Crippen LogP contribution in [0.4, 0.5) is 0 Å². The van der Waals surface area contributed by atoms with Gasteiger partial charge in [0.1, 0.15) is 5.75 Å². The molecular weight excluding hydrogens is 374 g/mol. The molecule has 1 aliphatic carbocycles. The van der Waals surface area contributed by atoms with Gasteiger partial charge in [-0.15, -0.1) is 0 Å². The lowest BCUT2D eigenvalue weighted by atomic mass is 9.81. The average molecular weight is 404 g/mol. The van der Waals surface area contributed by atoms with Crippen LogP contribution in [0.25, 0.3) is 5.69 Å². The third kappa shape index (κ3) is 4.11. The van der Waals surface area contributed by atoms with Crippen molar-refractivity contribution >= 4 is 5.91 Å². The highest BCUT2D eigenvalue weighted by Gasteiger charge is 2.23. The number of aromatic nitrogens is 2. The Kier molecular flexibility index (Phi) is 5.88. The first-order chi connectivity index (χ1) is 14.6. The van der Waals surface area contributed by atoms with Crippen molar-refractivity contribution in [1.29, 1.82) is 0 Å². The second kappa shape index (κ2) is 8.74. The van der Waals surface area contributed by atoms with Crippen LogP contribution in [0.5, 0.6) is 5.75 Å². The van der Waals surface area contributed by atoms with Gasteiger partial charge in [-0.2, -0.15) is 5.10 Å². The number of aryl methyl sites for hydroxylation is 2. The molecular formula is C25H29N3O2. The third-order valence-corrected chi connectivity index (χ3v) is 6.12. The fourth-order valence-corrected chi connectivity index (χ4v) is 4.46. The normalized spacial score (nSPS) is 15.5. The van der Waals surface area contributed by atoms with Crippen molar-refractivity contribution < 1.29 is 9.53 Å². The van der Waals surface area contributed by atoms with Crippen LogP contribution in [-0.2, 0) is 17.8 Å². The molecule has 0 fully saturated rings. The van der Waals surface area contributed by atoms with Crippen molar-refractivity contribution in [1.82, 2.24) is 15.1 Å². The van der Waals surface area contributed by atoms with E-state index in [0.717, 1.165) is 47.7 Å². The Hall–Kier alpha value is -3.08. The molecule has 4 rings (SSSR count). The van der Waals surface area contributed by atoms with Crippen LogP contribution < -0.4 is 10.1 Å². The van der Waals surface area contributed by atoms with Gasteiger partial charge in [-0.25, -0.2) is 4.68 Å². The van der Waals surface area contributed by atoms with E-state index in [4.69, 9.17) is 4.74 Å². The maximum atomic E-state index is 12.8. The Balaban J connectivity index is 1.43. The van der Waals surface area contributed by atoms with Crippen LogP contribution in [0, 0.1) is 13.8 Å². The first-order valence-corrected chi connectivity index (χ1v) is 10.6. The summed E-state index contributed by atoms with van der Waals surface area (Å²) in [4.78, 5) is 12.8. The molecule has 0 aliphatic heterocycles. The maximum Gasteiger partial charge on any atom is 0.220 e. The van der Waals surface area contributed by atoms with E-state index in [1.807, 2.05) is 48.0 Å². The van der Waals surface area contributed by atoms with Gasteiger partial charge in [-0.1, -0.05) is 24.3 Å². The maximum absolute atomic E-state index is 12.8. The summed E-state index contributed by atoms with van der Waals surface area (Å²) in [6.45, 7) is 4.56. The van der Waals surface area contributed by atoms with E-state index in [1.165, 1.54) is 11.1 Å². The van der Waals surface area contributed by atoms with Gasteiger partial charge in [-0.3, -0.25) is 4.79 Å². The van der Waals surface area contributed by atoms with Crippen molar-refractivity contribution in [2.24, 2.45) is 0 Å². The van der Waals surface area contributed by atoms with Gasteiger partial charge in [-0.05, 0) is 74.4 Å². The molecule has 2 aromatic carbocycles. The highest BCUT2D eigenvalue weighted by molar-refractivity contribution is 5.77. The summed E-state index contributed by atoms with van der Waals surface area (Å²) in [5, 5.41) is 7.80. The van der Waals surface area contributed by atoms with Crippen LogP contribution in [0.1, 0.15) is 53.3 Å². The van der Waals surface area contributed by atoms with Crippen molar-refractivity contribution in [3.05, 3.63) is 76.6 Å². The number of rotatable bonds is 6. The fraction of sp³-hybridized carbons (Fsp3) is 0.360. The van der Waals surface area contributed by atoms with E-state index in [-0.39, 0.29) is 11.8 Å². The molecule has 1 unspecified atom stereocenters. The predicted octanol–water partition coefficient (Wildman–Crippen LogP) is 4.62. The fourth-order valence-electron chi connectivity index (χ4n) is 4.46. The minimum absolute atomic E-state index is 0.0925. The largest absolute Gasteiger partial charge is 0.497 e. The first kappa shape index (κ1) is 20.2. The van der Waals surface area contributed by atoms with Crippen molar-refractivity contribution in [3.8, 4) is 11.4 Å². The van der Waals surface area contributed by atoms with Crippen LogP contribution in [0.2, 0.25) is 0 Å². The number of ether oxygens (including phenoxy) is 1. The Labute approximate surface area is 178 Å². The number of para-hydroxylation sites is 1. The molecule has 3 aromatic rings. The molecule has 0 radical (unpaired) electrons. The van der Waals surface area contributed by atoms with E-state index in [9.17, 15) is 4.79 Å². The van der Waals surface area contributed by atoms with E-state index in [0.29, 0.717) is 13.0 Å². The summed E-state index contributed by atoms with van der Waals surface area (Å²) in [5.74, 6) is 1.25. The second-order valence-corrected chi connectivity index (χ2v) is 8.03. The molecule has 1 aliphatic rings. The quantitative estimate of drug-likeness (QED) is 0.653. The number of nitrogens with zero attached hydrogens (tertiary/aromatic N) is 2. The van der Waals surface area contributed by atoms with Crippen molar-refractivity contribution in [2.45, 2.75) is 52.0 Å². The van der Waals surface area contributed by atoms with Crippen molar-refractivity contribution in [2.75, 3.05) is 7.11 Å². The van der Waals surface area contributed by atoms with E-state index < -0.39 is 0 Å².